The SMILES string of the molecule is CCC(C)c1cccc2c1OC(C)CC2NC. The van der Waals surface area contributed by atoms with Crippen molar-refractivity contribution < 1.29 is 4.74 Å². The van der Waals surface area contributed by atoms with Crippen molar-refractivity contribution in [1.29, 1.82) is 0 Å². The molecule has 0 fully saturated rings. The second-order valence-electron chi connectivity index (χ2n) is 5.08. The van der Waals surface area contributed by atoms with Crippen LogP contribution in [-0.4, -0.2) is 13.2 Å². The summed E-state index contributed by atoms with van der Waals surface area (Å²) in [7, 11) is 2.03. The highest BCUT2D eigenvalue weighted by Gasteiger charge is 2.27. The molecule has 0 radical (unpaired) electrons. The van der Waals surface area contributed by atoms with Gasteiger partial charge in [0.05, 0.1) is 6.10 Å². The van der Waals surface area contributed by atoms with Crippen LogP contribution in [0.1, 0.15) is 56.7 Å². The molecule has 0 saturated heterocycles. The van der Waals surface area contributed by atoms with Crippen LogP contribution in [0.3, 0.4) is 0 Å². The molecular weight excluding hydrogens is 210 g/mol. The van der Waals surface area contributed by atoms with E-state index in [0.717, 1.165) is 18.6 Å². The Morgan fingerprint density at radius 1 is 1.47 bits per heavy atom. The van der Waals surface area contributed by atoms with Crippen molar-refractivity contribution in [3.63, 3.8) is 0 Å². The van der Waals surface area contributed by atoms with E-state index in [4.69, 9.17) is 4.74 Å². The largest absolute Gasteiger partial charge is 0.490 e. The Bertz CT molecular complexity index is 374. The second-order valence-corrected chi connectivity index (χ2v) is 5.08. The Kier molecular flexibility index (Phi) is 3.72. The lowest BCUT2D eigenvalue weighted by molar-refractivity contribution is 0.166. The minimum absolute atomic E-state index is 0.296. The molecule has 17 heavy (non-hydrogen) atoms. The smallest absolute Gasteiger partial charge is 0.127 e. The predicted octanol–water partition coefficient (Wildman–Crippen LogP) is 3.63. The molecule has 3 unspecified atom stereocenters. The second kappa shape index (κ2) is 5.09. The minimum atomic E-state index is 0.296. The van der Waals surface area contributed by atoms with Crippen LogP contribution in [0.2, 0.25) is 0 Å². The average molecular weight is 233 g/mol. The number of fused-ring (bicyclic) bond motifs is 1. The van der Waals surface area contributed by atoms with Crippen LogP contribution >= 0.6 is 0 Å². The van der Waals surface area contributed by atoms with Gasteiger partial charge in [0.15, 0.2) is 0 Å². The highest BCUT2D eigenvalue weighted by atomic mass is 16.5. The highest BCUT2D eigenvalue weighted by molar-refractivity contribution is 5.46. The van der Waals surface area contributed by atoms with Gasteiger partial charge in [0.25, 0.3) is 0 Å². The van der Waals surface area contributed by atoms with Gasteiger partial charge < -0.3 is 10.1 Å². The zero-order valence-electron chi connectivity index (χ0n) is 11.3. The summed E-state index contributed by atoms with van der Waals surface area (Å²) in [4.78, 5) is 0. The summed E-state index contributed by atoms with van der Waals surface area (Å²) >= 11 is 0. The molecule has 0 bridgehead atoms. The Morgan fingerprint density at radius 3 is 2.88 bits per heavy atom. The first-order chi connectivity index (χ1) is 8.17. The van der Waals surface area contributed by atoms with E-state index in [1.807, 2.05) is 7.05 Å². The molecule has 0 aliphatic carbocycles. The first-order valence-electron chi connectivity index (χ1n) is 6.64. The van der Waals surface area contributed by atoms with Gasteiger partial charge in [0, 0.05) is 18.0 Å². The van der Waals surface area contributed by atoms with Crippen LogP contribution in [-0.2, 0) is 0 Å². The van der Waals surface area contributed by atoms with Gasteiger partial charge in [0.2, 0.25) is 0 Å². The molecule has 3 atom stereocenters. The Labute approximate surface area is 104 Å². The summed E-state index contributed by atoms with van der Waals surface area (Å²) in [6, 6.07) is 6.98. The maximum Gasteiger partial charge on any atom is 0.127 e. The van der Waals surface area contributed by atoms with Gasteiger partial charge in [-0.3, -0.25) is 0 Å². The lowest BCUT2D eigenvalue weighted by Crippen LogP contribution is -2.30. The van der Waals surface area contributed by atoms with E-state index in [2.05, 4.69) is 44.3 Å². The van der Waals surface area contributed by atoms with Crippen molar-refractivity contribution in [3.8, 4) is 5.75 Å². The van der Waals surface area contributed by atoms with Crippen LogP contribution < -0.4 is 10.1 Å². The molecule has 0 spiro atoms. The van der Waals surface area contributed by atoms with Gasteiger partial charge in [-0.2, -0.15) is 0 Å². The molecule has 0 saturated carbocycles. The van der Waals surface area contributed by atoms with Crippen LogP contribution in [0.15, 0.2) is 18.2 Å². The summed E-state index contributed by atoms with van der Waals surface area (Å²) in [5.74, 6) is 1.69. The summed E-state index contributed by atoms with van der Waals surface area (Å²) < 4.78 is 6.08. The highest BCUT2D eigenvalue weighted by Crippen LogP contribution is 2.40. The molecule has 2 heteroatoms. The third-order valence-corrected chi connectivity index (χ3v) is 3.83. The summed E-state index contributed by atoms with van der Waals surface area (Å²) in [5, 5.41) is 3.39. The van der Waals surface area contributed by atoms with Crippen molar-refractivity contribution in [3.05, 3.63) is 29.3 Å². The number of para-hydroxylation sites is 1. The van der Waals surface area contributed by atoms with Crippen LogP contribution in [0.25, 0.3) is 0 Å². The topological polar surface area (TPSA) is 21.3 Å². The predicted molar refractivity (Wildman–Crippen MR) is 71.7 cm³/mol. The summed E-state index contributed by atoms with van der Waals surface area (Å²) in [5.41, 5.74) is 2.68. The van der Waals surface area contributed by atoms with Crippen molar-refractivity contribution in [2.24, 2.45) is 0 Å². The van der Waals surface area contributed by atoms with E-state index in [9.17, 15) is 0 Å². The van der Waals surface area contributed by atoms with E-state index in [1.165, 1.54) is 11.1 Å². The maximum atomic E-state index is 6.08. The third kappa shape index (κ3) is 2.32. The molecule has 94 valence electrons. The van der Waals surface area contributed by atoms with E-state index in [1.54, 1.807) is 0 Å². The fourth-order valence-electron chi connectivity index (χ4n) is 2.57. The molecule has 0 aromatic heterocycles. The molecular formula is C15H23NO. The summed E-state index contributed by atoms with van der Waals surface area (Å²) in [6.45, 7) is 6.65. The number of ether oxygens (including phenoxy) is 1. The van der Waals surface area contributed by atoms with Crippen LogP contribution in [0.4, 0.5) is 0 Å². The Morgan fingerprint density at radius 2 is 2.24 bits per heavy atom. The number of rotatable bonds is 3. The fourth-order valence-corrected chi connectivity index (χ4v) is 2.57. The van der Waals surface area contributed by atoms with Gasteiger partial charge >= 0.3 is 0 Å². The van der Waals surface area contributed by atoms with Crippen LogP contribution in [0, 0.1) is 0 Å². The molecule has 1 aromatic carbocycles. The molecule has 1 aliphatic heterocycles. The Hall–Kier alpha value is -1.02. The molecule has 1 aliphatic rings. The monoisotopic (exact) mass is 233 g/mol. The van der Waals surface area contributed by atoms with Gasteiger partial charge in [-0.1, -0.05) is 32.0 Å². The zero-order valence-corrected chi connectivity index (χ0v) is 11.3. The number of benzene rings is 1. The standard InChI is InChI=1S/C15H23NO/c1-5-10(2)12-7-6-8-13-14(16-4)9-11(3)17-15(12)13/h6-8,10-11,14,16H,5,9H2,1-4H3. The average Bonchev–Trinajstić information content (AvgIpc) is 2.36. The molecule has 2 rings (SSSR count). The number of hydrogen-bond acceptors (Lipinski definition) is 2. The van der Waals surface area contributed by atoms with E-state index in [0.29, 0.717) is 18.1 Å². The van der Waals surface area contributed by atoms with Crippen LogP contribution in [0.5, 0.6) is 5.75 Å². The van der Waals surface area contributed by atoms with Crippen molar-refractivity contribution >= 4 is 0 Å². The van der Waals surface area contributed by atoms with E-state index < -0.39 is 0 Å². The minimum Gasteiger partial charge on any atom is -0.490 e. The van der Waals surface area contributed by atoms with Gasteiger partial charge in [0.1, 0.15) is 5.75 Å². The number of hydrogen-bond donors (Lipinski definition) is 1. The fraction of sp³-hybridized carbons (Fsp3) is 0.600. The number of nitrogens with one attached hydrogen (secondary N) is 1. The molecule has 1 N–H and O–H groups in total. The maximum absolute atomic E-state index is 6.08. The van der Waals surface area contributed by atoms with E-state index in [-0.39, 0.29) is 0 Å². The van der Waals surface area contributed by atoms with Gasteiger partial charge in [-0.15, -0.1) is 0 Å². The zero-order chi connectivity index (χ0) is 12.4. The first kappa shape index (κ1) is 12.4. The van der Waals surface area contributed by atoms with Gasteiger partial charge in [-0.05, 0) is 31.9 Å². The first-order valence-corrected chi connectivity index (χ1v) is 6.64. The van der Waals surface area contributed by atoms with Gasteiger partial charge in [-0.25, -0.2) is 0 Å². The summed E-state index contributed by atoms with van der Waals surface area (Å²) in [6.07, 6.45) is 2.50. The van der Waals surface area contributed by atoms with Crippen molar-refractivity contribution in [1.82, 2.24) is 5.32 Å². The van der Waals surface area contributed by atoms with Crippen molar-refractivity contribution in [2.75, 3.05) is 7.05 Å². The Balaban J connectivity index is 2.45. The third-order valence-electron chi connectivity index (χ3n) is 3.83. The normalized spacial score (nSPS) is 24.9. The lowest BCUT2D eigenvalue weighted by Gasteiger charge is -2.32. The quantitative estimate of drug-likeness (QED) is 0.860. The molecule has 2 nitrogen and oxygen atoms in total. The molecule has 1 heterocycles. The molecule has 1 aromatic rings. The van der Waals surface area contributed by atoms with Crippen molar-refractivity contribution in [2.45, 2.75) is 51.7 Å². The molecule has 0 amide bonds. The lowest BCUT2D eigenvalue weighted by atomic mass is 9.90. The van der Waals surface area contributed by atoms with E-state index >= 15 is 0 Å².